The number of benzene rings is 1. The highest BCUT2D eigenvalue weighted by molar-refractivity contribution is 5.92. The highest BCUT2D eigenvalue weighted by Crippen LogP contribution is 2.15. The summed E-state index contributed by atoms with van der Waals surface area (Å²) in [5.74, 6) is -0.752. The maximum Gasteiger partial charge on any atom is 0.310 e. The lowest BCUT2D eigenvalue weighted by Gasteiger charge is -2.18. The number of carboxylic acids is 1. The Hall–Kier alpha value is -2.10. The summed E-state index contributed by atoms with van der Waals surface area (Å²) in [6.45, 7) is 7.50. The van der Waals surface area contributed by atoms with Gasteiger partial charge in [-0.15, -0.1) is 0 Å². The van der Waals surface area contributed by atoms with Crippen molar-refractivity contribution >= 4 is 18.0 Å². The van der Waals surface area contributed by atoms with Crippen LogP contribution in [0, 0.1) is 5.41 Å². The number of nitrogens with one attached hydrogen (secondary N) is 1. The minimum absolute atomic E-state index is 0.0950. The minimum Gasteiger partial charge on any atom is -0.481 e. The van der Waals surface area contributed by atoms with Crippen LogP contribution in [0.5, 0.6) is 0 Å². The molecular weight excluding hydrogens is 266 g/mol. The zero-order chi connectivity index (χ0) is 16.0. The van der Waals surface area contributed by atoms with Crippen molar-refractivity contribution in [1.29, 1.82) is 0 Å². The SMILES string of the molecule is CC(C)c1ccc(/C=C/C(=O)NCC(C)(C)C(=O)O)cc1. The summed E-state index contributed by atoms with van der Waals surface area (Å²) < 4.78 is 0. The van der Waals surface area contributed by atoms with E-state index in [1.165, 1.54) is 11.6 Å². The van der Waals surface area contributed by atoms with E-state index in [4.69, 9.17) is 5.11 Å². The van der Waals surface area contributed by atoms with Gasteiger partial charge in [-0.05, 0) is 37.0 Å². The molecule has 0 fully saturated rings. The van der Waals surface area contributed by atoms with Gasteiger partial charge in [-0.2, -0.15) is 0 Å². The molecule has 0 saturated heterocycles. The molecule has 0 bridgehead atoms. The van der Waals surface area contributed by atoms with Gasteiger partial charge >= 0.3 is 5.97 Å². The number of hydrogen-bond acceptors (Lipinski definition) is 2. The van der Waals surface area contributed by atoms with Crippen LogP contribution in [0.25, 0.3) is 6.08 Å². The Bertz CT molecular complexity index is 527. The molecule has 0 aromatic heterocycles. The van der Waals surface area contributed by atoms with Crippen molar-refractivity contribution in [2.75, 3.05) is 6.54 Å². The first-order valence-corrected chi connectivity index (χ1v) is 7.01. The van der Waals surface area contributed by atoms with Gasteiger partial charge in [0, 0.05) is 12.6 Å². The number of hydrogen-bond donors (Lipinski definition) is 2. The van der Waals surface area contributed by atoms with E-state index in [9.17, 15) is 9.59 Å². The number of rotatable bonds is 6. The topological polar surface area (TPSA) is 66.4 Å². The Labute approximate surface area is 125 Å². The highest BCUT2D eigenvalue weighted by atomic mass is 16.4. The van der Waals surface area contributed by atoms with Crippen LogP contribution in [-0.2, 0) is 9.59 Å². The maximum absolute atomic E-state index is 11.7. The van der Waals surface area contributed by atoms with E-state index in [-0.39, 0.29) is 12.5 Å². The van der Waals surface area contributed by atoms with E-state index in [0.29, 0.717) is 5.92 Å². The molecule has 1 amide bonds. The van der Waals surface area contributed by atoms with Crippen LogP contribution in [0.2, 0.25) is 0 Å². The molecule has 21 heavy (non-hydrogen) atoms. The summed E-state index contributed by atoms with van der Waals surface area (Å²) in [4.78, 5) is 22.6. The molecule has 0 atom stereocenters. The molecule has 2 N–H and O–H groups in total. The van der Waals surface area contributed by atoms with E-state index in [1.54, 1.807) is 19.9 Å². The van der Waals surface area contributed by atoms with Crippen molar-refractivity contribution in [3.8, 4) is 0 Å². The van der Waals surface area contributed by atoms with Crippen molar-refractivity contribution in [3.63, 3.8) is 0 Å². The first-order valence-electron chi connectivity index (χ1n) is 7.01. The molecule has 4 nitrogen and oxygen atoms in total. The molecule has 0 aliphatic carbocycles. The normalized spacial score (nSPS) is 11.9. The van der Waals surface area contributed by atoms with Crippen molar-refractivity contribution in [3.05, 3.63) is 41.5 Å². The molecule has 0 heterocycles. The van der Waals surface area contributed by atoms with E-state index in [0.717, 1.165) is 5.56 Å². The summed E-state index contributed by atoms with van der Waals surface area (Å²) >= 11 is 0. The van der Waals surface area contributed by atoms with Gasteiger partial charge in [0.25, 0.3) is 0 Å². The quantitative estimate of drug-likeness (QED) is 0.791. The lowest BCUT2D eigenvalue weighted by atomic mass is 9.94. The zero-order valence-corrected chi connectivity index (χ0v) is 13.0. The third-order valence-electron chi connectivity index (χ3n) is 3.31. The van der Waals surface area contributed by atoms with E-state index in [2.05, 4.69) is 19.2 Å². The van der Waals surface area contributed by atoms with Gasteiger partial charge in [-0.1, -0.05) is 38.1 Å². The van der Waals surface area contributed by atoms with Gasteiger partial charge in [-0.3, -0.25) is 9.59 Å². The summed E-state index contributed by atoms with van der Waals surface area (Å²) in [5.41, 5.74) is 1.22. The van der Waals surface area contributed by atoms with Crippen molar-refractivity contribution in [2.45, 2.75) is 33.6 Å². The number of amides is 1. The van der Waals surface area contributed by atoms with Crippen LogP contribution < -0.4 is 5.32 Å². The molecule has 114 valence electrons. The summed E-state index contributed by atoms with van der Waals surface area (Å²) in [6, 6.07) is 7.99. The Morgan fingerprint density at radius 3 is 2.29 bits per heavy atom. The summed E-state index contributed by atoms with van der Waals surface area (Å²) in [7, 11) is 0. The van der Waals surface area contributed by atoms with Crippen LogP contribution in [0.15, 0.2) is 30.3 Å². The summed E-state index contributed by atoms with van der Waals surface area (Å²) in [6.07, 6.45) is 3.13. The van der Waals surface area contributed by atoms with Gasteiger partial charge in [0.15, 0.2) is 0 Å². The highest BCUT2D eigenvalue weighted by Gasteiger charge is 2.27. The Kier molecular flexibility index (Phi) is 5.70. The molecule has 0 spiro atoms. The monoisotopic (exact) mass is 289 g/mol. The van der Waals surface area contributed by atoms with Gasteiger partial charge in [-0.25, -0.2) is 0 Å². The van der Waals surface area contributed by atoms with Crippen LogP contribution >= 0.6 is 0 Å². The Balaban J connectivity index is 2.56. The Morgan fingerprint density at radius 2 is 1.81 bits per heavy atom. The van der Waals surface area contributed by atoms with Crippen molar-refractivity contribution in [1.82, 2.24) is 5.32 Å². The number of aliphatic carboxylic acids is 1. The first-order chi connectivity index (χ1) is 9.72. The predicted octanol–water partition coefficient (Wildman–Crippen LogP) is 3.05. The molecule has 0 saturated carbocycles. The first kappa shape index (κ1) is 17.0. The fourth-order valence-corrected chi connectivity index (χ4v) is 1.61. The fraction of sp³-hybridized carbons (Fsp3) is 0.412. The van der Waals surface area contributed by atoms with Gasteiger partial charge < -0.3 is 10.4 Å². The van der Waals surface area contributed by atoms with Gasteiger partial charge in [0.05, 0.1) is 5.41 Å². The second kappa shape index (κ2) is 7.07. The number of carbonyl (C=O) groups is 2. The lowest BCUT2D eigenvalue weighted by Crippen LogP contribution is -2.38. The molecule has 1 rings (SSSR count). The average Bonchev–Trinajstić information content (AvgIpc) is 2.43. The van der Waals surface area contributed by atoms with Crippen molar-refractivity contribution in [2.24, 2.45) is 5.41 Å². The largest absolute Gasteiger partial charge is 0.481 e. The molecule has 4 heteroatoms. The summed E-state index contributed by atoms with van der Waals surface area (Å²) in [5, 5.41) is 11.6. The molecular formula is C17H23NO3. The molecule has 0 unspecified atom stereocenters. The molecule has 1 aromatic rings. The number of carbonyl (C=O) groups excluding carboxylic acids is 1. The zero-order valence-electron chi connectivity index (χ0n) is 13.0. The Morgan fingerprint density at radius 1 is 1.24 bits per heavy atom. The second-order valence-electron chi connectivity index (χ2n) is 6.06. The minimum atomic E-state index is -0.970. The molecule has 0 aliphatic rings. The smallest absolute Gasteiger partial charge is 0.310 e. The molecule has 0 aliphatic heterocycles. The predicted molar refractivity (Wildman–Crippen MR) is 84.0 cm³/mol. The van der Waals surface area contributed by atoms with Crippen LogP contribution in [0.3, 0.4) is 0 Å². The van der Waals surface area contributed by atoms with E-state index >= 15 is 0 Å². The third kappa shape index (κ3) is 5.42. The van der Waals surface area contributed by atoms with Crippen LogP contribution in [0.4, 0.5) is 0 Å². The number of carboxylic acid groups (broad SMARTS) is 1. The van der Waals surface area contributed by atoms with Crippen LogP contribution in [0.1, 0.15) is 44.7 Å². The van der Waals surface area contributed by atoms with Crippen molar-refractivity contribution < 1.29 is 14.7 Å². The standard InChI is InChI=1S/C17H23NO3/c1-12(2)14-8-5-13(6-9-14)7-10-15(19)18-11-17(3,4)16(20)21/h5-10,12H,11H2,1-4H3,(H,18,19)(H,20,21)/b10-7+. The van der Waals surface area contributed by atoms with Gasteiger partial charge in [0.2, 0.25) is 5.91 Å². The maximum atomic E-state index is 11.7. The molecule has 1 aromatic carbocycles. The lowest BCUT2D eigenvalue weighted by molar-refractivity contribution is -0.146. The molecule has 0 radical (unpaired) electrons. The average molecular weight is 289 g/mol. The third-order valence-corrected chi connectivity index (χ3v) is 3.31. The van der Waals surface area contributed by atoms with Crippen LogP contribution in [-0.4, -0.2) is 23.5 Å². The van der Waals surface area contributed by atoms with E-state index in [1.807, 2.05) is 24.3 Å². The fourth-order valence-electron chi connectivity index (χ4n) is 1.61. The van der Waals surface area contributed by atoms with E-state index < -0.39 is 11.4 Å². The second-order valence-corrected chi connectivity index (χ2v) is 6.06. The van der Waals surface area contributed by atoms with Gasteiger partial charge in [0.1, 0.15) is 0 Å².